The third kappa shape index (κ3) is 2.95. The Hall–Kier alpha value is -2.61. The van der Waals surface area contributed by atoms with Crippen molar-refractivity contribution in [1.29, 1.82) is 5.26 Å². The minimum atomic E-state index is -0.507. The summed E-state index contributed by atoms with van der Waals surface area (Å²) in [6.07, 6.45) is 1.76. The number of rotatable bonds is 6. The number of hydrogen-bond donors (Lipinski definition) is 2. The van der Waals surface area contributed by atoms with Gasteiger partial charge in [0.05, 0.1) is 11.6 Å². The van der Waals surface area contributed by atoms with E-state index >= 15 is 0 Å². The SMILES string of the molecule is CCC(CC)Nc1c(Nc2ccc(C#N)cc2)c(=O)c1=O. The van der Waals surface area contributed by atoms with Gasteiger partial charge >= 0.3 is 0 Å². The first-order valence-electron chi connectivity index (χ1n) is 6.97. The molecule has 2 rings (SSSR count). The maximum atomic E-state index is 11.7. The number of hydrogen-bond acceptors (Lipinski definition) is 5. The third-order valence-corrected chi connectivity index (χ3v) is 3.53. The highest BCUT2D eigenvalue weighted by Gasteiger charge is 2.22. The second-order valence-corrected chi connectivity index (χ2v) is 4.88. The molecule has 0 saturated heterocycles. The van der Waals surface area contributed by atoms with Crippen LogP contribution in [0, 0.1) is 11.3 Å². The summed E-state index contributed by atoms with van der Waals surface area (Å²) in [6, 6.07) is 8.92. The van der Waals surface area contributed by atoms with E-state index in [0.29, 0.717) is 22.6 Å². The van der Waals surface area contributed by atoms with E-state index in [4.69, 9.17) is 5.26 Å². The van der Waals surface area contributed by atoms with E-state index in [1.165, 1.54) is 0 Å². The Balaban J connectivity index is 2.20. The first kappa shape index (κ1) is 14.8. The van der Waals surface area contributed by atoms with Gasteiger partial charge in [-0.1, -0.05) is 13.8 Å². The minimum Gasteiger partial charge on any atom is -0.377 e. The fraction of sp³-hybridized carbons (Fsp3) is 0.312. The van der Waals surface area contributed by atoms with Crippen LogP contribution in [0.15, 0.2) is 33.9 Å². The van der Waals surface area contributed by atoms with E-state index in [2.05, 4.69) is 10.6 Å². The number of anilines is 3. The van der Waals surface area contributed by atoms with E-state index in [1.54, 1.807) is 24.3 Å². The van der Waals surface area contributed by atoms with Crippen LogP contribution in [0.2, 0.25) is 0 Å². The van der Waals surface area contributed by atoms with Gasteiger partial charge in [0.1, 0.15) is 11.4 Å². The Morgan fingerprint density at radius 1 is 1.05 bits per heavy atom. The van der Waals surface area contributed by atoms with E-state index < -0.39 is 10.9 Å². The summed E-state index contributed by atoms with van der Waals surface area (Å²) in [5, 5.41) is 14.8. The van der Waals surface area contributed by atoms with Crippen LogP contribution in [0.25, 0.3) is 0 Å². The van der Waals surface area contributed by atoms with E-state index in [1.807, 2.05) is 19.9 Å². The van der Waals surface area contributed by atoms with Crippen molar-refractivity contribution in [2.75, 3.05) is 10.6 Å². The molecule has 0 atom stereocenters. The van der Waals surface area contributed by atoms with Crippen LogP contribution in [0.1, 0.15) is 32.3 Å². The number of benzene rings is 1. The molecule has 0 unspecified atom stereocenters. The summed E-state index contributed by atoms with van der Waals surface area (Å²) in [5.74, 6) is 0. The molecular formula is C16H17N3O2. The molecule has 108 valence electrons. The summed E-state index contributed by atoms with van der Waals surface area (Å²) in [4.78, 5) is 23.4. The molecule has 0 aliphatic heterocycles. The first-order chi connectivity index (χ1) is 10.1. The molecule has 0 spiro atoms. The van der Waals surface area contributed by atoms with Crippen LogP contribution in [0.3, 0.4) is 0 Å². The Kier molecular flexibility index (Phi) is 4.39. The van der Waals surface area contributed by atoms with Gasteiger partial charge in [-0.25, -0.2) is 0 Å². The quantitative estimate of drug-likeness (QED) is 0.796. The van der Waals surface area contributed by atoms with Crippen molar-refractivity contribution in [2.45, 2.75) is 32.7 Å². The smallest absolute Gasteiger partial charge is 0.253 e. The standard InChI is InChI=1S/C16H17N3O2/c1-3-11(4-2)18-13-14(16(21)15(13)20)19-12-7-5-10(9-17)6-8-12/h5-8,11,18-19H,3-4H2,1-2H3. The Labute approximate surface area is 122 Å². The Bertz CT molecular complexity index is 730. The molecule has 2 N–H and O–H groups in total. The molecule has 0 radical (unpaired) electrons. The van der Waals surface area contributed by atoms with Crippen LogP contribution >= 0.6 is 0 Å². The molecular weight excluding hydrogens is 266 g/mol. The highest BCUT2D eigenvalue weighted by molar-refractivity contribution is 5.79. The fourth-order valence-corrected chi connectivity index (χ4v) is 2.12. The largest absolute Gasteiger partial charge is 0.377 e. The maximum Gasteiger partial charge on any atom is 0.253 e. The number of nitrogens with one attached hydrogen (secondary N) is 2. The van der Waals surface area contributed by atoms with Crippen molar-refractivity contribution in [2.24, 2.45) is 0 Å². The first-order valence-corrected chi connectivity index (χ1v) is 6.97. The van der Waals surface area contributed by atoms with Crippen LogP contribution in [0.4, 0.5) is 17.1 Å². The summed E-state index contributed by atoms with van der Waals surface area (Å²) in [6.45, 7) is 4.06. The molecule has 0 fully saturated rings. The van der Waals surface area contributed by atoms with Gasteiger partial charge in [-0.05, 0) is 37.1 Å². The van der Waals surface area contributed by atoms with Gasteiger partial charge in [0.25, 0.3) is 10.9 Å². The average molecular weight is 283 g/mol. The molecule has 0 saturated carbocycles. The van der Waals surface area contributed by atoms with Crippen molar-refractivity contribution in [3.05, 3.63) is 50.3 Å². The molecule has 5 nitrogen and oxygen atoms in total. The lowest BCUT2D eigenvalue weighted by Crippen LogP contribution is -2.38. The zero-order valence-corrected chi connectivity index (χ0v) is 12.1. The fourth-order valence-electron chi connectivity index (χ4n) is 2.12. The van der Waals surface area contributed by atoms with Crippen LogP contribution in [0.5, 0.6) is 0 Å². The lowest BCUT2D eigenvalue weighted by atomic mass is 10.1. The number of nitrogens with zero attached hydrogens (tertiary/aromatic N) is 1. The Morgan fingerprint density at radius 2 is 1.62 bits per heavy atom. The summed E-state index contributed by atoms with van der Waals surface area (Å²) in [7, 11) is 0. The molecule has 21 heavy (non-hydrogen) atoms. The minimum absolute atomic E-state index is 0.176. The van der Waals surface area contributed by atoms with Crippen molar-refractivity contribution in [1.82, 2.24) is 0 Å². The normalized spacial score (nSPS) is 10.6. The van der Waals surface area contributed by atoms with Crippen LogP contribution < -0.4 is 21.5 Å². The van der Waals surface area contributed by atoms with Gasteiger partial charge in [0.2, 0.25) is 0 Å². The van der Waals surface area contributed by atoms with Gasteiger partial charge < -0.3 is 10.6 Å². The van der Waals surface area contributed by atoms with Gasteiger partial charge in [0, 0.05) is 11.7 Å². The van der Waals surface area contributed by atoms with E-state index in [-0.39, 0.29) is 6.04 Å². The van der Waals surface area contributed by atoms with E-state index in [0.717, 1.165) is 12.8 Å². The monoisotopic (exact) mass is 283 g/mol. The average Bonchev–Trinajstić information content (AvgIpc) is 2.54. The van der Waals surface area contributed by atoms with Gasteiger partial charge in [0.15, 0.2) is 0 Å². The van der Waals surface area contributed by atoms with Crippen LogP contribution in [-0.4, -0.2) is 6.04 Å². The van der Waals surface area contributed by atoms with Gasteiger partial charge in [-0.2, -0.15) is 5.26 Å². The highest BCUT2D eigenvalue weighted by Crippen LogP contribution is 2.22. The third-order valence-electron chi connectivity index (χ3n) is 3.53. The summed E-state index contributed by atoms with van der Waals surface area (Å²) < 4.78 is 0. The highest BCUT2D eigenvalue weighted by atomic mass is 16.2. The second-order valence-electron chi connectivity index (χ2n) is 4.88. The van der Waals surface area contributed by atoms with Crippen molar-refractivity contribution in [3.8, 4) is 6.07 Å². The predicted octanol–water partition coefficient (Wildman–Crippen LogP) is 2.50. The van der Waals surface area contributed by atoms with Crippen molar-refractivity contribution >= 4 is 17.1 Å². The topological polar surface area (TPSA) is 82.0 Å². The lowest BCUT2D eigenvalue weighted by molar-refractivity contribution is 0.670. The summed E-state index contributed by atoms with van der Waals surface area (Å²) in [5.41, 5.74) is 0.898. The molecule has 2 aromatic rings. The van der Waals surface area contributed by atoms with Gasteiger partial charge in [-0.3, -0.25) is 9.59 Å². The van der Waals surface area contributed by atoms with Crippen molar-refractivity contribution in [3.63, 3.8) is 0 Å². The molecule has 0 aliphatic rings. The zero-order chi connectivity index (χ0) is 15.4. The predicted molar refractivity (Wildman–Crippen MR) is 83.8 cm³/mol. The molecule has 5 heteroatoms. The maximum absolute atomic E-state index is 11.7. The molecule has 0 aromatic heterocycles. The Morgan fingerprint density at radius 3 is 2.14 bits per heavy atom. The zero-order valence-electron chi connectivity index (χ0n) is 12.1. The lowest BCUT2D eigenvalue weighted by Gasteiger charge is -2.20. The van der Waals surface area contributed by atoms with E-state index in [9.17, 15) is 9.59 Å². The summed E-state index contributed by atoms with van der Waals surface area (Å²) >= 11 is 0. The molecule has 2 aromatic carbocycles. The van der Waals surface area contributed by atoms with Crippen LogP contribution in [-0.2, 0) is 0 Å². The number of nitriles is 1. The van der Waals surface area contributed by atoms with Gasteiger partial charge in [-0.15, -0.1) is 0 Å². The molecule has 0 bridgehead atoms. The molecule has 0 aliphatic carbocycles. The second kappa shape index (κ2) is 6.23. The molecule has 0 heterocycles. The van der Waals surface area contributed by atoms with Crippen molar-refractivity contribution < 1.29 is 0 Å². The molecule has 0 amide bonds.